The lowest BCUT2D eigenvalue weighted by molar-refractivity contribution is -0.127. The van der Waals surface area contributed by atoms with Gasteiger partial charge in [-0.1, -0.05) is 27.7 Å². The van der Waals surface area contributed by atoms with Crippen molar-refractivity contribution in [1.29, 1.82) is 0 Å². The van der Waals surface area contributed by atoms with Crippen molar-refractivity contribution in [3.05, 3.63) is 0 Å². The summed E-state index contributed by atoms with van der Waals surface area (Å²) in [5.74, 6) is 0.796. The number of rotatable bonds is 5. The van der Waals surface area contributed by atoms with Crippen molar-refractivity contribution in [3.63, 3.8) is 0 Å². The van der Waals surface area contributed by atoms with Crippen LogP contribution in [0.25, 0.3) is 0 Å². The van der Waals surface area contributed by atoms with E-state index in [2.05, 4.69) is 37.5 Å². The smallest absolute Gasteiger partial charge is 0.142 e. The summed E-state index contributed by atoms with van der Waals surface area (Å²) in [5, 5.41) is 0. The molecule has 2 atom stereocenters. The fourth-order valence-corrected chi connectivity index (χ4v) is 3.84. The highest BCUT2D eigenvalue weighted by Crippen LogP contribution is 2.38. The van der Waals surface area contributed by atoms with Crippen LogP contribution in [0.15, 0.2) is 0 Å². The molecule has 0 radical (unpaired) electrons. The van der Waals surface area contributed by atoms with Crippen LogP contribution in [0.1, 0.15) is 47.0 Å². The van der Waals surface area contributed by atoms with Crippen LogP contribution in [0.5, 0.6) is 0 Å². The highest BCUT2D eigenvalue weighted by Gasteiger charge is 2.41. The highest BCUT2D eigenvalue weighted by atomic mass is 16.1. The van der Waals surface area contributed by atoms with Crippen LogP contribution in [0.2, 0.25) is 0 Å². The van der Waals surface area contributed by atoms with Crippen molar-refractivity contribution < 1.29 is 4.79 Å². The third-order valence-corrected chi connectivity index (χ3v) is 5.21. The van der Waals surface area contributed by atoms with Gasteiger partial charge in [-0.2, -0.15) is 0 Å². The highest BCUT2D eigenvalue weighted by molar-refractivity contribution is 5.88. The monoisotopic (exact) mass is 266 g/mol. The van der Waals surface area contributed by atoms with Gasteiger partial charge in [0.05, 0.1) is 0 Å². The van der Waals surface area contributed by atoms with E-state index in [9.17, 15) is 4.79 Å². The Morgan fingerprint density at radius 2 is 1.95 bits per heavy atom. The first-order valence-electron chi connectivity index (χ1n) is 7.98. The lowest BCUT2D eigenvalue weighted by atomic mass is 9.89. The van der Waals surface area contributed by atoms with Crippen molar-refractivity contribution >= 4 is 5.78 Å². The van der Waals surface area contributed by atoms with Crippen molar-refractivity contribution in [2.75, 3.05) is 32.7 Å². The van der Waals surface area contributed by atoms with E-state index in [1.165, 1.54) is 13.0 Å². The standard InChI is InChI=1S/C16H30N2O/c1-5-18(6-2)14-8-10-17(12-14)11-13-7-9-16(3,4)15(13)19/h13-14H,5-12H2,1-4H3. The normalized spacial score (nSPS) is 31.5. The molecule has 1 aliphatic heterocycles. The van der Waals surface area contributed by atoms with Gasteiger partial charge in [-0.05, 0) is 38.9 Å². The molecule has 1 saturated carbocycles. The molecule has 1 saturated heterocycles. The third kappa shape index (κ3) is 3.19. The fraction of sp³-hybridized carbons (Fsp3) is 0.938. The average Bonchev–Trinajstić information content (AvgIpc) is 2.92. The van der Waals surface area contributed by atoms with Gasteiger partial charge in [-0.15, -0.1) is 0 Å². The number of hydrogen-bond donors (Lipinski definition) is 0. The summed E-state index contributed by atoms with van der Waals surface area (Å²) in [6.07, 6.45) is 3.44. The molecule has 3 nitrogen and oxygen atoms in total. The SMILES string of the molecule is CCN(CC)C1CCN(CC2CCC(C)(C)C2=O)C1. The van der Waals surface area contributed by atoms with E-state index in [0.717, 1.165) is 39.0 Å². The van der Waals surface area contributed by atoms with Crippen molar-refractivity contribution in [1.82, 2.24) is 9.80 Å². The predicted molar refractivity (Wildman–Crippen MR) is 79.3 cm³/mol. The van der Waals surface area contributed by atoms with Crippen molar-refractivity contribution in [2.24, 2.45) is 11.3 Å². The zero-order valence-electron chi connectivity index (χ0n) is 13.1. The van der Waals surface area contributed by atoms with Gasteiger partial charge in [-0.3, -0.25) is 9.69 Å². The number of likely N-dealkylation sites (N-methyl/N-ethyl adjacent to an activating group) is 1. The van der Waals surface area contributed by atoms with Crippen LogP contribution >= 0.6 is 0 Å². The van der Waals surface area contributed by atoms with Crippen LogP contribution in [-0.4, -0.2) is 54.3 Å². The van der Waals surface area contributed by atoms with Gasteiger partial charge in [-0.25, -0.2) is 0 Å². The van der Waals surface area contributed by atoms with Crippen molar-refractivity contribution in [3.8, 4) is 0 Å². The summed E-state index contributed by atoms with van der Waals surface area (Å²) >= 11 is 0. The summed E-state index contributed by atoms with van der Waals surface area (Å²) in [7, 11) is 0. The minimum absolute atomic E-state index is 0.0668. The van der Waals surface area contributed by atoms with E-state index in [-0.39, 0.29) is 5.41 Å². The van der Waals surface area contributed by atoms with E-state index in [4.69, 9.17) is 0 Å². The van der Waals surface area contributed by atoms with Gasteiger partial charge < -0.3 is 4.90 Å². The molecule has 2 unspecified atom stereocenters. The molecule has 0 N–H and O–H groups in total. The van der Waals surface area contributed by atoms with E-state index in [1.54, 1.807) is 0 Å². The number of nitrogens with zero attached hydrogens (tertiary/aromatic N) is 2. The maximum atomic E-state index is 12.3. The number of carbonyl (C=O) groups excluding carboxylic acids is 1. The average molecular weight is 266 g/mol. The maximum absolute atomic E-state index is 12.3. The number of carbonyl (C=O) groups is 1. The third-order valence-electron chi connectivity index (χ3n) is 5.21. The summed E-state index contributed by atoms with van der Waals surface area (Å²) in [4.78, 5) is 17.4. The zero-order valence-corrected chi connectivity index (χ0v) is 13.1. The Bertz CT molecular complexity index is 323. The Hall–Kier alpha value is -0.410. The number of hydrogen-bond acceptors (Lipinski definition) is 3. The van der Waals surface area contributed by atoms with Gasteiger partial charge in [0, 0.05) is 30.5 Å². The summed E-state index contributed by atoms with van der Waals surface area (Å²) in [6, 6.07) is 0.708. The number of Topliss-reactive ketones (excluding diaryl/α,β-unsaturated/α-hetero) is 1. The van der Waals surface area contributed by atoms with E-state index in [0.29, 0.717) is 17.7 Å². The molecule has 3 heteroatoms. The molecule has 2 aliphatic rings. The van der Waals surface area contributed by atoms with Gasteiger partial charge >= 0.3 is 0 Å². The molecule has 0 bridgehead atoms. The molecule has 1 heterocycles. The van der Waals surface area contributed by atoms with E-state index in [1.807, 2.05) is 0 Å². The molecule has 110 valence electrons. The summed E-state index contributed by atoms with van der Waals surface area (Å²) in [6.45, 7) is 14.3. The zero-order chi connectivity index (χ0) is 14.0. The van der Waals surface area contributed by atoms with Crippen LogP contribution < -0.4 is 0 Å². The van der Waals surface area contributed by atoms with E-state index < -0.39 is 0 Å². The molecular weight excluding hydrogens is 236 g/mol. The molecule has 19 heavy (non-hydrogen) atoms. The summed E-state index contributed by atoms with van der Waals surface area (Å²) in [5.41, 5.74) is -0.0668. The molecule has 1 aliphatic carbocycles. The van der Waals surface area contributed by atoms with Crippen molar-refractivity contribution in [2.45, 2.75) is 53.0 Å². The Labute approximate surface area is 118 Å². The van der Waals surface area contributed by atoms with Gasteiger partial charge in [0.25, 0.3) is 0 Å². The quantitative estimate of drug-likeness (QED) is 0.763. The summed E-state index contributed by atoms with van der Waals surface area (Å²) < 4.78 is 0. The lowest BCUT2D eigenvalue weighted by Gasteiger charge is -2.27. The van der Waals surface area contributed by atoms with E-state index >= 15 is 0 Å². The maximum Gasteiger partial charge on any atom is 0.142 e. The Morgan fingerprint density at radius 1 is 1.26 bits per heavy atom. The molecular formula is C16H30N2O. The van der Waals surface area contributed by atoms with Crippen LogP contribution in [0, 0.1) is 11.3 Å². The Kier molecular flexibility index (Phi) is 4.67. The minimum Gasteiger partial charge on any atom is -0.301 e. The van der Waals surface area contributed by atoms with Gasteiger partial charge in [0.2, 0.25) is 0 Å². The molecule has 0 aromatic carbocycles. The number of likely N-dealkylation sites (tertiary alicyclic amines) is 1. The second-order valence-electron chi connectivity index (χ2n) is 6.91. The largest absolute Gasteiger partial charge is 0.301 e. The first kappa shape index (κ1) is 15.0. The molecule has 2 rings (SSSR count). The minimum atomic E-state index is -0.0668. The Balaban J connectivity index is 1.84. The molecule has 0 spiro atoms. The van der Waals surface area contributed by atoms with Crippen LogP contribution in [0.4, 0.5) is 0 Å². The first-order chi connectivity index (χ1) is 8.97. The molecule has 2 fully saturated rings. The second kappa shape index (κ2) is 5.92. The predicted octanol–water partition coefficient (Wildman–Crippen LogP) is 2.41. The van der Waals surface area contributed by atoms with Crippen LogP contribution in [0.3, 0.4) is 0 Å². The van der Waals surface area contributed by atoms with Gasteiger partial charge in [0.1, 0.15) is 5.78 Å². The lowest BCUT2D eigenvalue weighted by Crippen LogP contribution is -2.38. The molecule has 0 aromatic rings. The molecule has 0 amide bonds. The Morgan fingerprint density at radius 3 is 2.47 bits per heavy atom. The van der Waals surface area contributed by atoms with Crippen LogP contribution in [-0.2, 0) is 4.79 Å². The second-order valence-corrected chi connectivity index (χ2v) is 6.91. The topological polar surface area (TPSA) is 23.6 Å². The first-order valence-corrected chi connectivity index (χ1v) is 7.98. The fourth-order valence-electron chi connectivity index (χ4n) is 3.84. The number of ketones is 1. The molecule has 0 aromatic heterocycles. The van der Waals surface area contributed by atoms with Gasteiger partial charge in [0.15, 0.2) is 0 Å².